The molecule has 6 nitrogen and oxygen atoms in total. The van der Waals surface area contributed by atoms with Crippen molar-refractivity contribution in [3.63, 3.8) is 0 Å². The van der Waals surface area contributed by atoms with Crippen LogP contribution in [0.1, 0.15) is 12.7 Å². The molecule has 120 valence electrons. The van der Waals surface area contributed by atoms with Crippen LogP contribution in [-0.2, 0) is 16.4 Å². The quantitative estimate of drug-likeness (QED) is 0.844. The number of benzene rings is 1. The Hall–Kier alpha value is -1.99. The highest BCUT2D eigenvalue weighted by Crippen LogP contribution is 2.29. The van der Waals surface area contributed by atoms with Crippen LogP contribution < -0.4 is 14.2 Å². The second-order valence-corrected chi connectivity index (χ2v) is 6.54. The van der Waals surface area contributed by atoms with E-state index < -0.39 is 10.0 Å². The first-order valence-corrected chi connectivity index (χ1v) is 8.21. The van der Waals surface area contributed by atoms with E-state index in [9.17, 15) is 8.42 Å². The Kier molecular flexibility index (Phi) is 5.10. The highest BCUT2D eigenvalue weighted by atomic mass is 32.2. The predicted octanol–water partition coefficient (Wildman–Crippen LogP) is 2.21. The van der Waals surface area contributed by atoms with Gasteiger partial charge in [-0.05, 0) is 31.2 Å². The molecule has 0 bridgehead atoms. The largest absolute Gasteiger partial charge is 0.493 e. The Balaban J connectivity index is 2.15. The van der Waals surface area contributed by atoms with Gasteiger partial charge >= 0.3 is 0 Å². The number of hydrogen-bond donors (Lipinski definition) is 1. The van der Waals surface area contributed by atoms with Gasteiger partial charge in [-0.3, -0.25) is 0 Å². The van der Waals surface area contributed by atoms with Gasteiger partial charge in [0.15, 0.2) is 11.5 Å². The summed E-state index contributed by atoms with van der Waals surface area (Å²) >= 11 is 0. The number of ether oxygens (including phenoxy) is 2. The lowest BCUT2D eigenvalue weighted by Gasteiger charge is -2.14. The first kappa shape index (κ1) is 16.4. The van der Waals surface area contributed by atoms with Crippen molar-refractivity contribution in [3.8, 4) is 11.5 Å². The van der Waals surface area contributed by atoms with Crippen LogP contribution >= 0.6 is 0 Å². The van der Waals surface area contributed by atoms with Gasteiger partial charge in [-0.2, -0.15) is 0 Å². The lowest BCUT2D eigenvalue weighted by Crippen LogP contribution is -2.34. The summed E-state index contributed by atoms with van der Waals surface area (Å²) in [5.41, 5.74) is 0. The lowest BCUT2D eigenvalue weighted by molar-refractivity contribution is 0.354. The van der Waals surface area contributed by atoms with Gasteiger partial charge in [0.1, 0.15) is 5.76 Å². The van der Waals surface area contributed by atoms with E-state index >= 15 is 0 Å². The average molecular weight is 325 g/mol. The van der Waals surface area contributed by atoms with Crippen LogP contribution in [0.3, 0.4) is 0 Å². The molecule has 0 radical (unpaired) electrons. The summed E-state index contributed by atoms with van der Waals surface area (Å²) in [6.45, 7) is 1.78. The summed E-state index contributed by atoms with van der Waals surface area (Å²) < 4.78 is 42.9. The number of rotatable bonds is 7. The van der Waals surface area contributed by atoms with Crippen molar-refractivity contribution >= 4 is 10.0 Å². The zero-order valence-electron chi connectivity index (χ0n) is 12.7. The molecule has 0 saturated heterocycles. The fourth-order valence-corrected chi connectivity index (χ4v) is 3.35. The topological polar surface area (TPSA) is 77.8 Å². The molecule has 2 rings (SSSR count). The molecule has 0 amide bonds. The van der Waals surface area contributed by atoms with Gasteiger partial charge in [-0.15, -0.1) is 0 Å². The molecule has 1 heterocycles. The van der Waals surface area contributed by atoms with Crippen molar-refractivity contribution in [2.75, 3.05) is 14.2 Å². The molecule has 0 unspecified atom stereocenters. The molecule has 1 aromatic carbocycles. The Morgan fingerprint density at radius 1 is 1.18 bits per heavy atom. The van der Waals surface area contributed by atoms with Crippen LogP contribution in [0.15, 0.2) is 45.9 Å². The summed E-state index contributed by atoms with van der Waals surface area (Å²) in [5.74, 6) is 1.57. The summed E-state index contributed by atoms with van der Waals surface area (Å²) in [6, 6.07) is 7.74. The van der Waals surface area contributed by atoms with E-state index in [-0.39, 0.29) is 10.9 Å². The molecular weight excluding hydrogens is 306 g/mol. The molecule has 0 aliphatic carbocycles. The summed E-state index contributed by atoms with van der Waals surface area (Å²) in [7, 11) is -0.692. The van der Waals surface area contributed by atoms with Gasteiger partial charge in [-0.1, -0.05) is 0 Å². The van der Waals surface area contributed by atoms with Gasteiger partial charge in [-0.25, -0.2) is 13.1 Å². The minimum Gasteiger partial charge on any atom is -0.493 e. The molecule has 7 heteroatoms. The molecule has 1 N–H and O–H groups in total. The maximum atomic E-state index is 12.4. The Bertz CT molecular complexity index is 710. The Labute approximate surface area is 130 Å². The monoisotopic (exact) mass is 325 g/mol. The van der Waals surface area contributed by atoms with Crippen LogP contribution in [0, 0.1) is 0 Å². The van der Waals surface area contributed by atoms with Crippen LogP contribution in [0.5, 0.6) is 11.5 Å². The number of sulfonamides is 1. The number of hydrogen-bond acceptors (Lipinski definition) is 5. The van der Waals surface area contributed by atoms with Gasteiger partial charge in [0.2, 0.25) is 10.0 Å². The minimum absolute atomic E-state index is 0.122. The Morgan fingerprint density at radius 2 is 1.91 bits per heavy atom. The molecule has 0 saturated carbocycles. The lowest BCUT2D eigenvalue weighted by atomic mass is 10.2. The standard InChI is InChI=1S/C15H19NO5S/c1-11(9-12-5-4-8-21-12)16-22(17,18)13-6-7-14(19-2)15(10-13)20-3/h4-8,10-11,16H,9H2,1-3H3/t11-/m1/s1. The molecule has 0 spiro atoms. The smallest absolute Gasteiger partial charge is 0.240 e. The fraction of sp³-hybridized carbons (Fsp3) is 0.333. The van der Waals surface area contributed by atoms with Crippen molar-refractivity contribution in [3.05, 3.63) is 42.4 Å². The third kappa shape index (κ3) is 3.80. The van der Waals surface area contributed by atoms with Crippen molar-refractivity contribution < 1.29 is 22.3 Å². The van der Waals surface area contributed by atoms with Crippen LogP contribution in [0.25, 0.3) is 0 Å². The normalized spacial score (nSPS) is 12.9. The van der Waals surface area contributed by atoms with E-state index in [0.717, 1.165) is 5.76 Å². The van der Waals surface area contributed by atoms with Crippen molar-refractivity contribution in [2.24, 2.45) is 0 Å². The van der Waals surface area contributed by atoms with Crippen LogP contribution in [0.4, 0.5) is 0 Å². The molecular formula is C15H19NO5S. The van der Waals surface area contributed by atoms with Gasteiger partial charge in [0.25, 0.3) is 0 Å². The maximum Gasteiger partial charge on any atom is 0.240 e. The highest BCUT2D eigenvalue weighted by Gasteiger charge is 2.20. The molecule has 0 aliphatic rings. The first-order chi connectivity index (χ1) is 10.5. The van der Waals surface area contributed by atoms with Crippen molar-refractivity contribution in [2.45, 2.75) is 24.3 Å². The van der Waals surface area contributed by atoms with Gasteiger partial charge < -0.3 is 13.9 Å². The van der Waals surface area contributed by atoms with Crippen LogP contribution in [0.2, 0.25) is 0 Å². The molecule has 0 aliphatic heterocycles. The molecule has 1 aromatic heterocycles. The average Bonchev–Trinajstić information content (AvgIpc) is 2.98. The second kappa shape index (κ2) is 6.85. The third-order valence-electron chi connectivity index (χ3n) is 3.11. The van der Waals surface area contributed by atoms with Crippen molar-refractivity contribution in [1.29, 1.82) is 0 Å². The summed E-state index contributed by atoms with van der Waals surface area (Å²) in [4.78, 5) is 0.122. The first-order valence-electron chi connectivity index (χ1n) is 6.73. The molecule has 2 aromatic rings. The zero-order chi connectivity index (χ0) is 16.2. The van der Waals surface area contributed by atoms with Gasteiger partial charge in [0.05, 0.1) is 25.4 Å². The summed E-state index contributed by atoms with van der Waals surface area (Å²) in [5, 5.41) is 0. The van der Waals surface area contributed by atoms with Crippen molar-refractivity contribution in [1.82, 2.24) is 4.72 Å². The number of nitrogens with one attached hydrogen (secondary N) is 1. The second-order valence-electron chi connectivity index (χ2n) is 4.82. The fourth-order valence-electron chi connectivity index (χ4n) is 2.09. The zero-order valence-corrected chi connectivity index (χ0v) is 13.5. The van der Waals surface area contributed by atoms with E-state index in [1.165, 1.54) is 26.4 Å². The molecule has 22 heavy (non-hydrogen) atoms. The van der Waals surface area contributed by atoms with Gasteiger partial charge in [0, 0.05) is 18.5 Å². The van der Waals surface area contributed by atoms with E-state index in [0.29, 0.717) is 17.9 Å². The maximum absolute atomic E-state index is 12.4. The van der Waals surface area contributed by atoms with E-state index in [1.807, 2.05) is 0 Å². The third-order valence-corrected chi connectivity index (χ3v) is 4.70. The summed E-state index contributed by atoms with van der Waals surface area (Å²) in [6.07, 6.45) is 2.03. The highest BCUT2D eigenvalue weighted by molar-refractivity contribution is 7.89. The SMILES string of the molecule is COc1ccc(S(=O)(=O)N[C@H](C)Cc2ccco2)cc1OC. The van der Waals surface area contributed by atoms with E-state index in [1.54, 1.807) is 31.4 Å². The van der Waals surface area contributed by atoms with Crippen LogP contribution in [-0.4, -0.2) is 28.7 Å². The minimum atomic E-state index is -3.65. The number of furan rings is 1. The van der Waals surface area contributed by atoms with E-state index in [2.05, 4.69) is 4.72 Å². The van der Waals surface area contributed by atoms with E-state index in [4.69, 9.17) is 13.9 Å². The molecule has 0 fully saturated rings. The number of methoxy groups -OCH3 is 2. The Morgan fingerprint density at radius 3 is 2.50 bits per heavy atom. The molecule has 1 atom stereocenters. The predicted molar refractivity (Wildman–Crippen MR) is 81.7 cm³/mol.